The number of carbonyl (C=O) groups is 1. The smallest absolute Gasteiger partial charge is 0.333 e. The number of benzene rings is 2. The highest BCUT2D eigenvalue weighted by Gasteiger charge is 2.25. The van der Waals surface area contributed by atoms with Crippen LogP contribution in [0.25, 0.3) is 0 Å². The average Bonchev–Trinajstić information content (AvgIpc) is 2.77. The minimum Gasteiger partial charge on any atom is -0.392 e. The fraction of sp³-hybridized carbons (Fsp3) is 0.364. The average molecular weight is 509 g/mol. The van der Waals surface area contributed by atoms with Crippen molar-refractivity contribution in [3.05, 3.63) is 52.6 Å². The molecule has 0 aliphatic heterocycles. The largest absolute Gasteiger partial charge is 0.392 e. The first kappa shape index (κ1) is 27.3. The molecule has 12 heteroatoms. The molecule has 2 amide bonds. The molecule has 2 rings (SSSR count). The van der Waals surface area contributed by atoms with Gasteiger partial charge < -0.3 is 10.4 Å². The maximum absolute atomic E-state index is 12.9. The second kappa shape index (κ2) is 10.5. The van der Waals surface area contributed by atoms with Crippen LogP contribution in [0, 0.1) is 11.3 Å². The number of hydrogen-bond acceptors (Lipinski definition) is 7. The zero-order valence-corrected chi connectivity index (χ0v) is 21.1. The Balaban J connectivity index is 2.45. The van der Waals surface area contributed by atoms with Crippen molar-refractivity contribution < 1.29 is 26.7 Å². The number of nitriles is 1. The van der Waals surface area contributed by atoms with Gasteiger partial charge in [0.25, 0.3) is 10.0 Å². The zero-order chi connectivity index (χ0) is 25.8. The summed E-state index contributed by atoms with van der Waals surface area (Å²) < 4.78 is 53.8. The third kappa shape index (κ3) is 5.92. The quantitative estimate of drug-likeness (QED) is 0.425. The van der Waals surface area contributed by atoms with Gasteiger partial charge in [0.2, 0.25) is 10.0 Å². The molecule has 0 aromatic heterocycles. The van der Waals surface area contributed by atoms with Crippen LogP contribution in [0.2, 0.25) is 0 Å². The lowest BCUT2D eigenvalue weighted by Crippen LogP contribution is -2.35. The summed E-state index contributed by atoms with van der Waals surface area (Å²) in [4.78, 5) is 12.1. The number of nitrogens with zero attached hydrogens (tertiary/aromatic N) is 1. The molecule has 34 heavy (non-hydrogen) atoms. The van der Waals surface area contributed by atoms with Crippen molar-refractivity contribution in [2.45, 2.75) is 55.9 Å². The van der Waals surface area contributed by atoms with Gasteiger partial charge >= 0.3 is 6.03 Å². The monoisotopic (exact) mass is 508 g/mol. The van der Waals surface area contributed by atoms with Crippen LogP contribution in [-0.2, 0) is 26.7 Å². The number of aliphatic hydroxyl groups excluding tert-OH is 1. The maximum atomic E-state index is 12.9. The Morgan fingerprint density at radius 3 is 2.00 bits per heavy atom. The zero-order valence-electron chi connectivity index (χ0n) is 19.5. The van der Waals surface area contributed by atoms with Crippen LogP contribution in [-0.4, -0.2) is 35.0 Å². The van der Waals surface area contributed by atoms with Crippen molar-refractivity contribution in [3.63, 3.8) is 0 Å². The van der Waals surface area contributed by atoms with E-state index >= 15 is 0 Å². The second-order valence-corrected chi connectivity index (χ2v) is 11.7. The highest BCUT2D eigenvalue weighted by molar-refractivity contribution is 7.90. The summed E-state index contributed by atoms with van der Waals surface area (Å²) in [5.41, 5.74) is 1.99. The Morgan fingerprint density at radius 2 is 1.56 bits per heavy atom. The van der Waals surface area contributed by atoms with Gasteiger partial charge in [0, 0.05) is 5.69 Å². The fourth-order valence-electron chi connectivity index (χ4n) is 3.35. The summed E-state index contributed by atoms with van der Waals surface area (Å²) in [7, 11) is -7.13. The van der Waals surface area contributed by atoms with Gasteiger partial charge in [-0.3, -0.25) is 0 Å². The lowest BCUT2D eigenvalue weighted by atomic mass is 9.90. The number of sulfonamides is 2. The van der Waals surface area contributed by atoms with Crippen LogP contribution >= 0.6 is 0 Å². The first-order chi connectivity index (χ1) is 15.8. The molecule has 0 heterocycles. The Kier molecular flexibility index (Phi) is 8.44. The highest BCUT2D eigenvalue weighted by Crippen LogP contribution is 2.34. The van der Waals surface area contributed by atoms with Crippen LogP contribution in [0.5, 0.6) is 0 Å². The van der Waals surface area contributed by atoms with Crippen LogP contribution in [0.4, 0.5) is 10.5 Å². The lowest BCUT2D eigenvalue weighted by Gasteiger charge is -2.21. The topological polar surface area (TPSA) is 165 Å². The molecule has 2 aromatic rings. The third-order valence-corrected chi connectivity index (χ3v) is 7.95. The SMILES string of the molecule is CNS(=O)(=O)c1ccc(S(=O)(=O)NC(=O)Nc2c(C(C)C)cc(C#N)cc2C(C)C)c(CO)c1. The van der Waals surface area contributed by atoms with Crippen molar-refractivity contribution in [3.8, 4) is 6.07 Å². The second-order valence-electron chi connectivity index (χ2n) is 8.15. The van der Waals surface area contributed by atoms with Crippen LogP contribution in [0.15, 0.2) is 40.1 Å². The molecule has 0 unspecified atom stereocenters. The summed E-state index contributed by atoms with van der Waals surface area (Å²) in [6.45, 7) is 6.77. The molecule has 184 valence electrons. The van der Waals surface area contributed by atoms with Crippen molar-refractivity contribution in [1.82, 2.24) is 9.44 Å². The fourth-order valence-corrected chi connectivity index (χ4v) is 5.25. The predicted molar refractivity (Wildman–Crippen MR) is 127 cm³/mol. The van der Waals surface area contributed by atoms with Crippen LogP contribution < -0.4 is 14.8 Å². The van der Waals surface area contributed by atoms with Crippen LogP contribution in [0.3, 0.4) is 0 Å². The highest BCUT2D eigenvalue weighted by atomic mass is 32.2. The summed E-state index contributed by atoms with van der Waals surface area (Å²) in [5.74, 6) is -0.138. The third-order valence-electron chi connectivity index (χ3n) is 5.11. The van der Waals surface area contributed by atoms with E-state index in [0.717, 1.165) is 18.2 Å². The molecule has 2 aromatic carbocycles. The van der Waals surface area contributed by atoms with E-state index in [1.807, 2.05) is 32.4 Å². The molecular formula is C22H28N4O6S2. The molecule has 0 spiro atoms. The summed E-state index contributed by atoms with van der Waals surface area (Å²) in [6.07, 6.45) is 0. The first-order valence-electron chi connectivity index (χ1n) is 10.4. The molecule has 0 saturated carbocycles. The number of rotatable bonds is 8. The van der Waals surface area contributed by atoms with E-state index in [1.54, 1.807) is 12.1 Å². The molecule has 0 saturated heterocycles. The molecule has 0 bridgehead atoms. The molecule has 10 nitrogen and oxygen atoms in total. The Labute approximate surface area is 200 Å². The number of amides is 2. The lowest BCUT2D eigenvalue weighted by molar-refractivity contribution is 0.256. The van der Waals surface area contributed by atoms with Gasteiger partial charge in [0.15, 0.2) is 0 Å². The van der Waals surface area contributed by atoms with E-state index in [0.29, 0.717) is 22.4 Å². The minimum absolute atomic E-state index is 0.0691. The van der Waals surface area contributed by atoms with Gasteiger partial charge in [-0.2, -0.15) is 5.26 Å². The number of anilines is 1. The number of nitrogens with one attached hydrogen (secondary N) is 3. The molecule has 0 atom stereocenters. The maximum Gasteiger partial charge on any atom is 0.333 e. The van der Waals surface area contributed by atoms with Gasteiger partial charge in [-0.15, -0.1) is 0 Å². The molecule has 0 aliphatic carbocycles. The summed E-state index contributed by atoms with van der Waals surface area (Å²) in [6, 6.07) is 7.43. The number of carbonyl (C=O) groups excluding carboxylic acids is 1. The summed E-state index contributed by atoms with van der Waals surface area (Å²) in [5, 5.41) is 21.6. The number of hydrogen-bond donors (Lipinski definition) is 4. The minimum atomic E-state index is -4.46. The van der Waals surface area contributed by atoms with Crippen LogP contribution in [0.1, 0.15) is 61.8 Å². The molecule has 0 radical (unpaired) electrons. The molecular weight excluding hydrogens is 480 g/mol. The molecule has 0 fully saturated rings. The van der Waals surface area contributed by atoms with E-state index in [1.165, 1.54) is 7.05 Å². The van der Waals surface area contributed by atoms with Crippen molar-refractivity contribution in [2.75, 3.05) is 12.4 Å². The van der Waals surface area contributed by atoms with Gasteiger partial charge in [0.1, 0.15) is 0 Å². The number of urea groups is 1. The predicted octanol–water partition coefficient (Wildman–Crippen LogP) is 2.72. The standard InChI is InChI=1S/C22H28N4O6S2/c1-13(2)18-8-15(11-23)9-19(14(3)4)21(18)25-22(28)26-34(31,32)20-7-6-17(10-16(20)12-27)33(29,30)24-5/h6-10,13-14,24,27H,12H2,1-5H3,(H2,25,26,28). The van der Waals surface area contributed by atoms with Gasteiger partial charge in [-0.1, -0.05) is 27.7 Å². The van der Waals surface area contributed by atoms with Gasteiger partial charge in [-0.05, 0) is 65.9 Å². The van der Waals surface area contributed by atoms with E-state index in [2.05, 4.69) is 16.1 Å². The van der Waals surface area contributed by atoms with E-state index in [9.17, 15) is 32.0 Å². The molecule has 0 aliphatic rings. The Morgan fingerprint density at radius 1 is 1.00 bits per heavy atom. The Bertz CT molecular complexity index is 1310. The van der Waals surface area contributed by atoms with Crippen molar-refractivity contribution in [2.24, 2.45) is 0 Å². The van der Waals surface area contributed by atoms with E-state index < -0.39 is 37.6 Å². The van der Waals surface area contributed by atoms with Gasteiger partial charge in [-0.25, -0.2) is 31.1 Å². The van der Waals surface area contributed by atoms with E-state index in [4.69, 9.17) is 0 Å². The van der Waals surface area contributed by atoms with E-state index in [-0.39, 0.29) is 22.3 Å². The first-order valence-corrected chi connectivity index (χ1v) is 13.3. The van der Waals surface area contributed by atoms with Crippen molar-refractivity contribution in [1.29, 1.82) is 5.26 Å². The van der Waals surface area contributed by atoms with Crippen molar-refractivity contribution >= 4 is 31.8 Å². The number of aliphatic hydroxyl groups is 1. The normalized spacial score (nSPS) is 12.0. The van der Waals surface area contributed by atoms with Gasteiger partial charge in [0.05, 0.1) is 28.0 Å². The molecule has 4 N–H and O–H groups in total. The summed E-state index contributed by atoms with van der Waals surface area (Å²) >= 11 is 0. The Hall–Kier alpha value is -2.98.